The molecule has 1 aromatic carbocycles. The van der Waals surface area contributed by atoms with Crippen LogP contribution in [-0.2, 0) is 23.9 Å². The highest BCUT2D eigenvalue weighted by Crippen LogP contribution is 2.60. The standard InChI is InChI=1S/C27H34BrClN2O6/c1-3-13-30(18-11-9-17(29)10-12-18)25(34)23-27-16-19(28)22(37-27)20(26(35)36-4-2)21(27)24(33)31(23)14-7-5-6-8-15-32/h3,9-12,19-23,32H,1,4-8,13-16H2,2H3/t19?,20-,21-,22-,23?,27?/m0/s1. The third-order valence-electron chi connectivity index (χ3n) is 7.60. The number of ether oxygens (including phenoxy) is 2. The lowest BCUT2D eigenvalue weighted by Crippen LogP contribution is -2.57. The Morgan fingerprint density at radius 1 is 1.30 bits per heavy atom. The Morgan fingerprint density at radius 2 is 2.00 bits per heavy atom. The van der Waals surface area contributed by atoms with Crippen molar-refractivity contribution in [3.63, 3.8) is 0 Å². The number of aliphatic hydroxyl groups is 1. The number of amides is 2. The maximum Gasteiger partial charge on any atom is 0.312 e. The molecule has 8 nitrogen and oxygen atoms in total. The lowest BCUT2D eigenvalue weighted by Gasteiger charge is -2.37. The first-order valence-corrected chi connectivity index (χ1v) is 14.2. The van der Waals surface area contributed by atoms with E-state index in [1.165, 1.54) is 0 Å². The number of carbonyl (C=O) groups excluding carboxylic acids is 3. The Labute approximate surface area is 231 Å². The topological polar surface area (TPSA) is 96.4 Å². The van der Waals surface area contributed by atoms with E-state index in [2.05, 4.69) is 22.5 Å². The number of anilines is 1. The summed E-state index contributed by atoms with van der Waals surface area (Å²) in [6, 6.07) is 6.04. The Bertz CT molecular complexity index is 1020. The summed E-state index contributed by atoms with van der Waals surface area (Å²) >= 11 is 9.75. The van der Waals surface area contributed by atoms with Gasteiger partial charge in [-0.3, -0.25) is 14.4 Å². The van der Waals surface area contributed by atoms with Gasteiger partial charge in [0.05, 0.1) is 24.5 Å². The van der Waals surface area contributed by atoms with Crippen molar-refractivity contribution in [2.75, 3.05) is 31.2 Å². The van der Waals surface area contributed by atoms with Crippen LogP contribution in [0.25, 0.3) is 0 Å². The van der Waals surface area contributed by atoms with Crippen LogP contribution in [0.5, 0.6) is 0 Å². The molecule has 6 atom stereocenters. The van der Waals surface area contributed by atoms with Crippen molar-refractivity contribution >= 4 is 51.0 Å². The highest BCUT2D eigenvalue weighted by Gasteiger charge is 2.77. The molecule has 3 fully saturated rings. The van der Waals surface area contributed by atoms with Gasteiger partial charge in [0.25, 0.3) is 5.91 Å². The molecule has 3 saturated heterocycles. The minimum atomic E-state index is -1.14. The normalized spacial score (nSPS) is 29.9. The molecule has 0 aromatic heterocycles. The lowest BCUT2D eigenvalue weighted by molar-refractivity contribution is -0.154. The highest BCUT2D eigenvalue weighted by molar-refractivity contribution is 9.09. The van der Waals surface area contributed by atoms with Crippen LogP contribution < -0.4 is 4.90 Å². The van der Waals surface area contributed by atoms with Crippen LogP contribution in [0.15, 0.2) is 36.9 Å². The molecule has 1 spiro atoms. The van der Waals surface area contributed by atoms with Crippen molar-refractivity contribution in [2.24, 2.45) is 11.8 Å². The summed E-state index contributed by atoms with van der Waals surface area (Å²) in [5.74, 6) is -2.54. The molecule has 3 heterocycles. The fourth-order valence-electron chi connectivity index (χ4n) is 6.13. The third kappa shape index (κ3) is 5.07. The van der Waals surface area contributed by atoms with Crippen LogP contribution in [0.2, 0.25) is 5.02 Å². The maximum absolute atomic E-state index is 14.4. The van der Waals surface area contributed by atoms with Gasteiger partial charge in [0.1, 0.15) is 11.6 Å². The van der Waals surface area contributed by atoms with Gasteiger partial charge in [-0.05, 0) is 50.5 Å². The molecule has 3 aliphatic heterocycles. The van der Waals surface area contributed by atoms with Crippen LogP contribution in [0.4, 0.5) is 5.69 Å². The van der Waals surface area contributed by atoms with Crippen molar-refractivity contribution in [3.05, 3.63) is 41.9 Å². The van der Waals surface area contributed by atoms with E-state index in [0.717, 1.165) is 12.8 Å². The lowest BCUT2D eigenvalue weighted by atomic mass is 9.70. The molecule has 1 aromatic rings. The number of alkyl halides is 1. The molecule has 0 saturated carbocycles. The van der Waals surface area contributed by atoms with Crippen molar-refractivity contribution in [3.8, 4) is 0 Å². The predicted octanol–water partition coefficient (Wildman–Crippen LogP) is 3.72. The Kier molecular flexibility index (Phi) is 8.99. The summed E-state index contributed by atoms with van der Waals surface area (Å²) in [5, 5.41) is 9.65. The first-order valence-electron chi connectivity index (χ1n) is 12.9. The molecule has 202 valence electrons. The van der Waals surface area contributed by atoms with Crippen molar-refractivity contribution in [1.29, 1.82) is 0 Å². The second-order valence-electron chi connectivity index (χ2n) is 9.80. The number of nitrogens with zero attached hydrogens (tertiary/aromatic N) is 2. The summed E-state index contributed by atoms with van der Waals surface area (Å²) in [7, 11) is 0. The molecule has 0 radical (unpaired) electrons. The quantitative estimate of drug-likeness (QED) is 0.171. The number of fused-ring (bicyclic) bond motifs is 1. The van der Waals surface area contributed by atoms with Crippen LogP contribution in [-0.4, -0.2) is 76.7 Å². The minimum Gasteiger partial charge on any atom is -0.466 e. The van der Waals surface area contributed by atoms with Crippen LogP contribution >= 0.6 is 27.5 Å². The number of esters is 1. The number of benzene rings is 1. The molecular formula is C27H34BrClN2O6. The third-order valence-corrected chi connectivity index (χ3v) is 8.70. The molecule has 10 heteroatoms. The summed E-state index contributed by atoms with van der Waals surface area (Å²) in [4.78, 5) is 44.4. The van der Waals surface area contributed by atoms with E-state index in [4.69, 9.17) is 26.2 Å². The number of carbonyl (C=O) groups is 3. The predicted molar refractivity (Wildman–Crippen MR) is 144 cm³/mol. The zero-order valence-corrected chi connectivity index (χ0v) is 23.3. The van der Waals surface area contributed by atoms with E-state index in [9.17, 15) is 14.4 Å². The van der Waals surface area contributed by atoms with Gasteiger partial charge in [0, 0.05) is 35.2 Å². The molecule has 4 rings (SSSR count). The van der Waals surface area contributed by atoms with Gasteiger partial charge < -0.3 is 24.4 Å². The van der Waals surface area contributed by atoms with E-state index < -0.39 is 35.6 Å². The first-order chi connectivity index (χ1) is 17.8. The average molecular weight is 598 g/mol. The second-order valence-corrected chi connectivity index (χ2v) is 11.4. The van der Waals surface area contributed by atoms with E-state index in [1.54, 1.807) is 47.1 Å². The first kappa shape index (κ1) is 28.1. The fourth-order valence-corrected chi connectivity index (χ4v) is 7.19. The fraction of sp³-hybridized carbons (Fsp3) is 0.593. The summed E-state index contributed by atoms with van der Waals surface area (Å²) in [6.07, 6.45) is 4.52. The van der Waals surface area contributed by atoms with Crippen LogP contribution in [0, 0.1) is 11.8 Å². The summed E-state index contributed by atoms with van der Waals surface area (Å²) in [6.45, 7) is 6.47. The number of halogens is 2. The Morgan fingerprint density at radius 3 is 2.65 bits per heavy atom. The number of rotatable bonds is 12. The number of hydrogen-bond donors (Lipinski definition) is 1. The monoisotopic (exact) mass is 596 g/mol. The smallest absolute Gasteiger partial charge is 0.312 e. The molecule has 37 heavy (non-hydrogen) atoms. The minimum absolute atomic E-state index is 0.121. The van der Waals surface area contributed by atoms with Gasteiger partial charge in [-0.2, -0.15) is 0 Å². The van der Waals surface area contributed by atoms with Gasteiger partial charge in [0.2, 0.25) is 5.91 Å². The number of likely N-dealkylation sites (tertiary alicyclic amines) is 1. The molecular weight excluding hydrogens is 564 g/mol. The summed E-state index contributed by atoms with van der Waals surface area (Å²) < 4.78 is 11.8. The number of aliphatic hydroxyl groups excluding tert-OH is 1. The van der Waals surface area contributed by atoms with Crippen LogP contribution in [0.1, 0.15) is 39.0 Å². The van der Waals surface area contributed by atoms with Crippen molar-refractivity contribution in [1.82, 2.24) is 4.90 Å². The molecule has 1 N–H and O–H groups in total. The second kappa shape index (κ2) is 11.8. The molecule has 3 aliphatic rings. The maximum atomic E-state index is 14.4. The van der Waals surface area contributed by atoms with Crippen molar-refractivity contribution < 1.29 is 29.0 Å². The van der Waals surface area contributed by atoms with E-state index in [1.807, 2.05) is 0 Å². The SMILES string of the molecule is C=CCN(C(=O)C1N(CCCCCCO)C(=O)[C@@H]2[C@H](C(=O)OCC)[C@H]3OC12CC3Br)c1ccc(Cl)cc1. The molecule has 2 bridgehead atoms. The van der Waals surface area contributed by atoms with Gasteiger partial charge in [0.15, 0.2) is 0 Å². The van der Waals surface area contributed by atoms with Gasteiger partial charge >= 0.3 is 5.97 Å². The van der Waals surface area contributed by atoms with E-state index in [0.29, 0.717) is 36.5 Å². The summed E-state index contributed by atoms with van der Waals surface area (Å²) in [5.41, 5.74) is -0.504. The zero-order chi connectivity index (χ0) is 26.7. The Balaban J connectivity index is 1.72. The van der Waals surface area contributed by atoms with E-state index in [-0.39, 0.29) is 36.4 Å². The van der Waals surface area contributed by atoms with Gasteiger partial charge in [-0.1, -0.05) is 46.4 Å². The average Bonchev–Trinajstić information content (AvgIpc) is 3.46. The Hall–Kier alpha value is -1.94. The number of hydrogen-bond acceptors (Lipinski definition) is 6. The van der Waals surface area contributed by atoms with Gasteiger partial charge in [-0.25, -0.2) is 0 Å². The van der Waals surface area contributed by atoms with Crippen LogP contribution in [0.3, 0.4) is 0 Å². The molecule has 2 amide bonds. The molecule has 0 aliphatic carbocycles. The van der Waals surface area contributed by atoms with E-state index >= 15 is 0 Å². The number of unbranched alkanes of at least 4 members (excludes halogenated alkanes) is 3. The molecule has 3 unspecified atom stereocenters. The largest absolute Gasteiger partial charge is 0.466 e. The zero-order valence-electron chi connectivity index (χ0n) is 21.0. The van der Waals surface area contributed by atoms with Gasteiger partial charge in [-0.15, -0.1) is 6.58 Å². The van der Waals surface area contributed by atoms with Crippen molar-refractivity contribution in [2.45, 2.75) is 61.6 Å². The highest BCUT2D eigenvalue weighted by atomic mass is 79.9.